The lowest BCUT2D eigenvalue weighted by molar-refractivity contribution is -0.137. The normalized spacial score (nSPS) is 11.4. The molecule has 2 amide bonds. The average Bonchev–Trinajstić information content (AvgIpc) is 3.31. The molecule has 3 aromatic carbocycles. The van der Waals surface area contributed by atoms with E-state index in [9.17, 15) is 22.8 Å². The molecule has 1 heterocycles. The first-order valence-electron chi connectivity index (χ1n) is 12.1. The first-order chi connectivity index (χ1) is 18.1. The van der Waals surface area contributed by atoms with Crippen molar-refractivity contribution in [2.45, 2.75) is 20.0 Å². The summed E-state index contributed by atoms with van der Waals surface area (Å²) in [6, 6.07) is 22.5. The van der Waals surface area contributed by atoms with Gasteiger partial charge in [0.2, 0.25) is 11.9 Å². The highest BCUT2D eigenvalue weighted by Gasteiger charge is 2.30. The number of halogens is 3. The summed E-state index contributed by atoms with van der Waals surface area (Å²) < 4.78 is 40.8. The maximum absolute atomic E-state index is 13.1. The van der Waals surface area contributed by atoms with E-state index in [1.807, 2.05) is 50.2 Å². The van der Waals surface area contributed by atoms with Crippen LogP contribution in [0, 0.1) is 5.92 Å². The molecule has 0 aliphatic carbocycles. The molecule has 0 spiro atoms. The number of benzene rings is 3. The van der Waals surface area contributed by atoms with Gasteiger partial charge < -0.3 is 4.90 Å². The van der Waals surface area contributed by atoms with Gasteiger partial charge in [-0.25, -0.2) is 4.98 Å². The quantitative estimate of drug-likeness (QED) is 0.297. The minimum atomic E-state index is -4.47. The van der Waals surface area contributed by atoms with Crippen molar-refractivity contribution in [3.63, 3.8) is 0 Å². The van der Waals surface area contributed by atoms with E-state index in [0.717, 1.165) is 17.7 Å². The predicted molar refractivity (Wildman–Crippen MR) is 140 cm³/mol. The Bertz CT molecular complexity index is 1380. The monoisotopic (exact) mass is 520 g/mol. The summed E-state index contributed by atoms with van der Waals surface area (Å²) in [4.78, 5) is 32.3. The van der Waals surface area contributed by atoms with Gasteiger partial charge >= 0.3 is 6.18 Å². The number of hydrogen-bond donors (Lipinski definition) is 1. The largest absolute Gasteiger partial charge is 0.416 e. The maximum atomic E-state index is 13.1. The van der Waals surface area contributed by atoms with Gasteiger partial charge in [-0.2, -0.15) is 13.2 Å². The number of imidazole rings is 1. The second kappa shape index (κ2) is 11.3. The van der Waals surface area contributed by atoms with Crippen LogP contribution in [0.15, 0.2) is 91.1 Å². The third kappa shape index (κ3) is 6.47. The van der Waals surface area contributed by atoms with E-state index in [4.69, 9.17) is 0 Å². The molecule has 0 saturated carbocycles. The topological polar surface area (TPSA) is 67.2 Å². The number of amides is 2. The van der Waals surface area contributed by atoms with Crippen molar-refractivity contribution in [3.8, 4) is 16.9 Å². The number of aromatic nitrogens is 2. The third-order valence-corrected chi connectivity index (χ3v) is 5.73. The second-order valence-corrected chi connectivity index (χ2v) is 9.22. The third-order valence-electron chi connectivity index (χ3n) is 5.73. The molecule has 6 nitrogen and oxygen atoms in total. The fourth-order valence-electron chi connectivity index (χ4n) is 3.99. The number of anilines is 1. The zero-order valence-corrected chi connectivity index (χ0v) is 20.9. The highest BCUT2D eigenvalue weighted by atomic mass is 19.4. The molecule has 4 aromatic rings. The molecule has 4 rings (SSSR count). The molecule has 0 saturated heterocycles. The Hall–Kier alpha value is -4.40. The number of rotatable bonds is 8. The van der Waals surface area contributed by atoms with Crippen LogP contribution < -0.4 is 5.32 Å². The van der Waals surface area contributed by atoms with Crippen molar-refractivity contribution in [1.29, 1.82) is 0 Å². The fourth-order valence-corrected chi connectivity index (χ4v) is 3.99. The van der Waals surface area contributed by atoms with Crippen molar-refractivity contribution in [3.05, 3.63) is 102 Å². The lowest BCUT2D eigenvalue weighted by atomic mass is 10.1. The Balaban J connectivity index is 1.63. The number of hydrogen-bond acceptors (Lipinski definition) is 3. The highest BCUT2D eigenvalue weighted by molar-refractivity contribution is 5.99. The molecule has 196 valence electrons. The Morgan fingerprint density at radius 2 is 1.53 bits per heavy atom. The SMILES string of the molecule is CC(C)CN(CC(=O)Nc1nc(-c2ccccc2)cn1-c1ccc(C(F)(F)F)cc1)C(=O)c1ccccc1. The van der Waals surface area contributed by atoms with Crippen LogP contribution in [0.1, 0.15) is 29.8 Å². The summed E-state index contributed by atoms with van der Waals surface area (Å²) in [5.74, 6) is -0.502. The summed E-state index contributed by atoms with van der Waals surface area (Å²) in [6.07, 6.45) is -2.82. The molecule has 0 bridgehead atoms. The van der Waals surface area contributed by atoms with Crippen LogP contribution in [0.5, 0.6) is 0 Å². The van der Waals surface area contributed by atoms with Gasteiger partial charge in [-0.15, -0.1) is 0 Å². The van der Waals surface area contributed by atoms with Crippen molar-refractivity contribution < 1.29 is 22.8 Å². The molecular weight excluding hydrogens is 493 g/mol. The van der Waals surface area contributed by atoms with Crippen molar-refractivity contribution in [2.24, 2.45) is 5.92 Å². The van der Waals surface area contributed by atoms with E-state index in [-0.39, 0.29) is 24.3 Å². The molecule has 0 aliphatic heterocycles. The summed E-state index contributed by atoms with van der Waals surface area (Å²) in [5.41, 5.74) is 1.38. The maximum Gasteiger partial charge on any atom is 0.416 e. The van der Waals surface area contributed by atoms with Gasteiger partial charge in [0.1, 0.15) is 6.54 Å². The van der Waals surface area contributed by atoms with E-state index >= 15 is 0 Å². The van der Waals surface area contributed by atoms with Gasteiger partial charge in [-0.1, -0.05) is 62.4 Å². The van der Waals surface area contributed by atoms with Gasteiger partial charge in [0.05, 0.1) is 11.3 Å². The number of carbonyl (C=O) groups is 2. The fraction of sp³-hybridized carbons (Fsp3) is 0.207. The minimum absolute atomic E-state index is 0.120. The van der Waals surface area contributed by atoms with Crippen LogP contribution in [0.25, 0.3) is 16.9 Å². The number of nitrogens with zero attached hydrogens (tertiary/aromatic N) is 3. The lowest BCUT2D eigenvalue weighted by Crippen LogP contribution is -2.40. The van der Waals surface area contributed by atoms with E-state index in [0.29, 0.717) is 23.5 Å². The van der Waals surface area contributed by atoms with Crippen molar-refractivity contribution in [1.82, 2.24) is 14.5 Å². The Kier molecular flexibility index (Phi) is 7.95. The molecule has 0 aliphatic rings. The van der Waals surface area contributed by atoms with Crippen LogP contribution in [-0.4, -0.2) is 39.4 Å². The molecule has 9 heteroatoms. The average molecular weight is 521 g/mol. The molecule has 1 N–H and O–H groups in total. The Labute approximate surface area is 218 Å². The van der Waals surface area contributed by atoms with Gasteiger partial charge in [0, 0.05) is 29.6 Å². The lowest BCUT2D eigenvalue weighted by Gasteiger charge is -2.24. The first-order valence-corrected chi connectivity index (χ1v) is 12.1. The van der Waals surface area contributed by atoms with E-state index in [2.05, 4.69) is 10.3 Å². The highest BCUT2D eigenvalue weighted by Crippen LogP contribution is 2.31. The van der Waals surface area contributed by atoms with Gasteiger partial charge in [-0.3, -0.25) is 19.5 Å². The van der Waals surface area contributed by atoms with E-state index in [1.165, 1.54) is 21.6 Å². The number of alkyl halides is 3. The summed E-state index contributed by atoms with van der Waals surface area (Å²) in [5, 5.41) is 2.75. The first kappa shape index (κ1) is 26.7. The second-order valence-electron chi connectivity index (χ2n) is 9.22. The number of nitrogens with one attached hydrogen (secondary N) is 1. The van der Waals surface area contributed by atoms with Gasteiger partial charge in [0.15, 0.2) is 0 Å². The predicted octanol–water partition coefficient (Wildman–Crippen LogP) is 6.30. The molecule has 0 atom stereocenters. The molecular formula is C29H27F3N4O2. The minimum Gasteiger partial charge on any atom is -0.329 e. The zero-order valence-electron chi connectivity index (χ0n) is 20.9. The van der Waals surface area contributed by atoms with Crippen molar-refractivity contribution >= 4 is 17.8 Å². The van der Waals surface area contributed by atoms with Crippen LogP contribution in [0.3, 0.4) is 0 Å². The smallest absolute Gasteiger partial charge is 0.329 e. The molecule has 0 unspecified atom stereocenters. The number of carbonyl (C=O) groups excluding carboxylic acids is 2. The van der Waals surface area contributed by atoms with Crippen molar-refractivity contribution in [2.75, 3.05) is 18.4 Å². The Morgan fingerprint density at radius 3 is 2.11 bits per heavy atom. The molecule has 38 heavy (non-hydrogen) atoms. The molecule has 1 aromatic heterocycles. The van der Waals surface area contributed by atoms with E-state index < -0.39 is 17.6 Å². The van der Waals surface area contributed by atoms with Crippen LogP contribution in [0.2, 0.25) is 0 Å². The van der Waals surface area contributed by atoms with Gasteiger partial charge in [0.25, 0.3) is 5.91 Å². The molecule has 0 radical (unpaired) electrons. The Morgan fingerprint density at radius 1 is 0.921 bits per heavy atom. The standard InChI is InChI=1S/C29H27F3N4O2/c1-20(2)17-35(27(38)22-11-7-4-8-12-22)19-26(37)34-28-33-25(21-9-5-3-6-10-21)18-36(28)24-15-13-23(14-16-24)29(30,31)32/h3-16,18,20H,17,19H2,1-2H3,(H,33,34,37). The molecule has 0 fully saturated rings. The van der Waals surface area contributed by atoms with E-state index in [1.54, 1.807) is 30.5 Å². The summed E-state index contributed by atoms with van der Waals surface area (Å²) in [7, 11) is 0. The van der Waals surface area contributed by atoms with Crippen LogP contribution in [0.4, 0.5) is 19.1 Å². The zero-order chi connectivity index (χ0) is 27.3. The van der Waals surface area contributed by atoms with Crippen LogP contribution in [-0.2, 0) is 11.0 Å². The van der Waals surface area contributed by atoms with Crippen LogP contribution >= 0.6 is 0 Å². The van der Waals surface area contributed by atoms with Gasteiger partial charge in [-0.05, 0) is 42.3 Å². The summed E-state index contributed by atoms with van der Waals surface area (Å²) in [6.45, 7) is 4.05. The summed E-state index contributed by atoms with van der Waals surface area (Å²) >= 11 is 0.